The molecule has 1 amide bonds. The second kappa shape index (κ2) is 4.36. The molecule has 0 saturated carbocycles. The van der Waals surface area contributed by atoms with Gasteiger partial charge in [0.1, 0.15) is 6.42 Å². The fourth-order valence-electron chi connectivity index (χ4n) is 1.53. The smallest absolute Gasteiger partial charge is 0.390 e. The van der Waals surface area contributed by atoms with Crippen LogP contribution in [0.4, 0.5) is 13.2 Å². The average Bonchev–Trinajstić information content (AvgIpc) is 2.47. The number of carbonyl (C=O) groups is 1. The van der Waals surface area contributed by atoms with Crippen molar-refractivity contribution in [1.82, 2.24) is 10.2 Å². The summed E-state index contributed by atoms with van der Waals surface area (Å²) in [7, 11) is 1.27. The minimum absolute atomic E-state index is 0.300. The van der Waals surface area contributed by atoms with E-state index in [1.807, 2.05) is 0 Å². The Bertz CT molecular complexity index is 245. The highest BCUT2D eigenvalue weighted by molar-refractivity contribution is 5.77. The molecule has 1 aliphatic rings. The molecule has 2 N–H and O–H groups in total. The van der Waals surface area contributed by atoms with Crippen LogP contribution < -0.4 is 5.32 Å². The molecule has 1 rings (SSSR count). The van der Waals surface area contributed by atoms with Crippen molar-refractivity contribution in [2.24, 2.45) is 0 Å². The van der Waals surface area contributed by atoms with Gasteiger partial charge in [0.05, 0.1) is 12.1 Å². The van der Waals surface area contributed by atoms with E-state index in [1.54, 1.807) is 0 Å². The Kier molecular flexibility index (Phi) is 3.56. The number of aliphatic hydroxyl groups is 1. The van der Waals surface area contributed by atoms with Crippen LogP contribution in [0.2, 0.25) is 0 Å². The van der Waals surface area contributed by atoms with E-state index in [-0.39, 0.29) is 0 Å². The lowest BCUT2D eigenvalue weighted by Gasteiger charge is -2.26. The van der Waals surface area contributed by atoms with Crippen molar-refractivity contribution in [2.75, 3.05) is 20.1 Å². The summed E-state index contributed by atoms with van der Waals surface area (Å²) in [5.41, 5.74) is 0. The van der Waals surface area contributed by atoms with Crippen LogP contribution in [0, 0.1) is 0 Å². The van der Waals surface area contributed by atoms with E-state index in [2.05, 4.69) is 5.32 Å². The normalized spacial score (nSPS) is 26.7. The van der Waals surface area contributed by atoms with Gasteiger partial charge in [-0.15, -0.1) is 0 Å². The van der Waals surface area contributed by atoms with Crippen LogP contribution in [0.1, 0.15) is 6.42 Å². The number of rotatable bonds is 2. The number of likely N-dealkylation sites (N-methyl/N-ethyl adjacent to an activating group) is 1. The summed E-state index contributed by atoms with van der Waals surface area (Å²) >= 11 is 0. The van der Waals surface area contributed by atoms with E-state index in [0.717, 1.165) is 4.90 Å². The maximum Gasteiger partial charge on any atom is 0.397 e. The van der Waals surface area contributed by atoms with Crippen molar-refractivity contribution < 1.29 is 23.1 Å². The van der Waals surface area contributed by atoms with Crippen LogP contribution in [0.25, 0.3) is 0 Å². The van der Waals surface area contributed by atoms with Gasteiger partial charge in [-0.25, -0.2) is 0 Å². The maximum atomic E-state index is 11.9. The molecule has 0 aromatic rings. The zero-order chi connectivity index (χ0) is 11.6. The predicted molar refractivity (Wildman–Crippen MR) is 46.1 cm³/mol. The largest absolute Gasteiger partial charge is 0.397 e. The van der Waals surface area contributed by atoms with Gasteiger partial charge >= 0.3 is 6.18 Å². The Morgan fingerprint density at radius 2 is 2.13 bits per heavy atom. The molecule has 2 atom stereocenters. The zero-order valence-corrected chi connectivity index (χ0v) is 8.21. The molecule has 4 nitrogen and oxygen atoms in total. The summed E-state index contributed by atoms with van der Waals surface area (Å²) in [6, 6.07) is -0.570. The molecule has 0 unspecified atom stereocenters. The fourth-order valence-corrected chi connectivity index (χ4v) is 1.53. The lowest BCUT2D eigenvalue weighted by atomic mass is 10.2. The third-order valence-corrected chi connectivity index (χ3v) is 2.39. The first-order chi connectivity index (χ1) is 6.81. The van der Waals surface area contributed by atoms with E-state index in [9.17, 15) is 23.1 Å². The summed E-state index contributed by atoms with van der Waals surface area (Å²) in [4.78, 5) is 12.1. The Morgan fingerprint density at radius 1 is 1.53 bits per heavy atom. The van der Waals surface area contributed by atoms with Crippen molar-refractivity contribution in [2.45, 2.75) is 24.7 Å². The Balaban J connectivity index is 2.52. The minimum atomic E-state index is -4.50. The van der Waals surface area contributed by atoms with Gasteiger partial charge < -0.3 is 15.3 Å². The predicted octanol–water partition coefficient (Wildman–Crippen LogP) is -0.270. The number of amides is 1. The molecule has 0 radical (unpaired) electrons. The second-order valence-corrected chi connectivity index (χ2v) is 3.59. The van der Waals surface area contributed by atoms with E-state index in [4.69, 9.17) is 0 Å². The Morgan fingerprint density at radius 3 is 2.53 bits per heavy atom. The molecule has 0 aromatic heterocycles. The molecule has 0 aliphatic carbocycles. The van der Waals surface area contributed by atoms with E-state index < -0.39 is 30.7 Å². The number of aliphatic hydroxyl groups excluding tert-OH is 1. The van der Waals surface area contributed by atoms with Gasteiger partial charge in [-0.2, -0.15) is 13.2 Å². The monoisotopic (exact) mass is 226 g/mol. The van der Waals surface area contributed by atoms with Crippen molar-refractivity contribution in [1.29, 1.82) is 0 Å². The maximum absolute atomic E-state index is 11.9. The summed E-state index contributed by atoms with van der Waals surface area (Å²) < 4.78 is 35.8. The quantitative estimate of drug-likeness (QED) is 0.681. The van der Waals surface area contributed by atoms with Gasteiger partial charge in [0.25, 0.3) is 0 Å². The van der Waals surface area contributed by atoms with Gasteiger partial charge in [0, 0.05) is 20.1 Å². The lowest BCUT2D eigenvalue weighted by Crippen LogP contribution is -2.45. The van der Waals surface area contributed by atoms with Crippen molar-refractivity contribution in [3.05, 3.63) is 0 Å². The molecule has 0 aromatic carbocycles. The molecule has 1 saturated heterocycles. The van der Waals surface area contributed by atoms with Crippen LogP contribution in [0.3, 0.4) is 0 Å². The van der Waals surface area contributed by atoms with E-state index >= 15 is 0 Å². The number of hydrogen-bond acceptors (Lipinski definition) is 3. The van der Waals surface area contributed by atoms with Crippen molar-refractivity contribution in [3.63, 3.8) is 0 Å². The van der Waals surface area contributed by atoms with E-state index in [1.165, 1.54) is 7.05 Å². The second-order valence-electron chi connectivity index (χ2n) is 3.59. The molecular formula is C8H13F3N2O2. The molecule has 15 heavy (non-hydrogen) atoms. The number of carbonyl (C=O) groups excluding carboxylic acids is 1. The lowest BCUT2D eigenvalue weighted by molar-refractivity contribution is -0.162. The molecule has 0 spiro atoms. The summed E-state index contributed by atoms with van der Waals surface area (Å²) in [6.07, 6.45) is -6.78. The van der Waals surface area contributed by atoms with E-state index in [0.29, 0.717) is 13.1 Å². The fraction of sp³-hybridized carbons (Fsp3) is 0.875. The van der Waals surface area contributed by atoms with Crippen LogP contribution in [0.5, 0.6) is 0 Å². The highest BCUT2D eigenvalue weighted by Crippen LogP contribution is 2.21. The summed E-state index contributed by atoms with van der Waals surface area (Å²) in [5.74, 6) is -1.02. The van der Waals surface area contributed by atoms with Gasteiger partial charge in [0.15, 0.2) is 0 Å². The summed E-state index contributed by atoms with van der Waals surface area (Å²) in [6.45, 7) is 0.621. The molecule has 1 aliphatic heterocycles. The highest BCUT2D eigenvalue weighted by Gasteiger charge is 2.37. The Labute approximate surface area is 85.1 Å². The number of hydrogen-bond donors (Lipinski definition) is 2. The first-order valence-corrected chi connectivity index (χ1v) is 4.52. The Hall–Kier alpha value is -0.820. The minimum Gasteiger partial charge on any atom is -0.390 e. The van der Waals surface area contributed by atoms with Crippen LogP contribution in [-0.2, 0) is 4.79 Å². The SMILES string of the molecule is CN(C(=O)CC(F)(F)F)[C@@H]1CNC[C@H]1O. The number of nitrogens with zero attached hydrogens (tertiary/aromatic N) is 1. The average molecular weight is 226 g/mol. The standard InChI is InChI=1S/C8H13F3N2O2/c1-13(5-3-12-4-6(5)14)7(15)2-8(9,10)11/h5-6,12,14H,2-4H2,1H3/t5-,6-/m1/s1. The van der Waals surface area contributed by atoms with Gasteiger partial charge in [-0.3, -0.25) is 4.79 Å². The van der Waals surface area contributed by atoms with Crippen molar-refractivity contribution >= 4 is 5.91 Å². The zero-order valence-electron chi connectivity index (χ0n) is 8.21. The molecule has 7 heteroatoms. The first-order valence-electron chi connectivity index (χ1n) is 4.52. The van der Waals surface area contributed by atoms with Crippen LogP contribution >= 0.6 is 0 Å². The van der Waals surface area contributed by atoms with Gasteiger partial charge in [-0.1, -0.05) is 0 Å². The van der Waals surface area contributed by atoms with Crippen LogP contribution in [-0.4, -0.2) is 54.4 Å². The molecular weight excluding hydrogens is 213 g/mol. The molecule has 0 bridgehead atoms. The number of alkyl halides is 3. The summed E-state index contributed by atoms with van der Waals surface area (Å²) in [5, 5.41) is 12.2. The molecule has 88 valence electrons. The third kappa shape index (κ3) is 3.35. The highest BCUT2D eigenvalue weighted by atomic mass is 19.4. The topological polar surface area (TPSA) is 52.6 Å². The van der Waals surface area contributed by atoms with Crippen molar-refractivity contribution in [3.8, 4) is 0 Å². The number of halogens is 3. The third-order valence-electron chi connectivity index (χ3n) is 2.39. The van der Waals surface area contributed by atoms with Gasteiger partial charge in [-0.05, 0) is 0 Å². The molecule has 1 fully saturated rings. The van der Waals surface area contributed by atoms with Gasteiger partial charge in [0.2, 0.25) is 5.91 Å². The molecule has 1 heterocycles. The number of β-amino-alcohol motifs (C(OH)–C–C–N with tert-alkyl or cyclic N) is 1. The number of nitrogens with one attached hydrogen (secondary N) is 1. The first kappa shape index (κ1) is 12.3. The van der Waals surface area contributed by atoms with Crippen LogP contribution in [0.15, 0.2) is 0 Å².